The first kappa shape index (κ1) is 17.2. The molecule has 0 aliphatic heterocycles. The van der Waals surface area contributed by atoms with E-state index < -0.39 is 18.0 Å². The minimum atomic E-state index is -0.938. The number of anilines is 2. The third-order valence-electron chi connectivity index (χ3n) is 3.69. The van der Waals surface area contributed by atoms with Gasteiger partial charge in [0, 0.05) is 22.9 Å². The lowest BCUT2D eigenvalue weighted by molar-refractivity contribution is -0.123. The molecule has 0 saturated heterocycles. The van der Waals surface area contributed by atoms with Gasteiger partial charge in [0.2, 0.25) is 0 Å². The van der Waals surface area contributed by atoms with E-state index in [-0.39, 0.29) is 0 Å². The average Bonchev–Trinajstić information content (AvgIpc) is 3.41. The molecule has 1 atom stereocenters. The number of halogens is 1. The van der Waals surface area contributed by atoms with Crippen molar-refractivity contribution in [3.05, 3.63) is 53.2 Å². The van der Waals surface area contributed by atoms with E-state index in [0.29, 0.717) is 22.3 Å². The highest BCUT2D eigenvalue weighted by Crippen LogP contribution is 2.23. The van der Waals surface area contributed by atoms with Crippen molar-refractivity contribution >= 4 is 35.0 Å². The molecule has 0 bridgehead atoms. The lowest BCUT2D eigenvalue weighted by Crippen LogP contribution is -2.30. The Hall–Kier alpha value is -2.60. The molecule has 1 aromatic heterocycles. The monoisotopic (exact) mass is 359 g/mol. The zero-order valence-electron chi connectivity index (χ0n) is 13.7. The third kappa shape index (κ3) is 4.93. The molecule has 1 aliphatic carbocycles. The van der Waals surface area contributed by atoms with Gasteiger partial charge in [0.1, 0.15) is 5.82 Å². The van der Waals surface area contributed by atoms with Crippen LogP contribution in [0.3, 0.4) is 0 Å². The predicted molar refractivity (Wildman–Crippen MR) is 95.8 cm³/mol. The van der Waals surface area contributed by atoms with Crippen LogP contribution in [0.25, 0.3) is 0 Å². The molecule has 7 heteroatoms. The molecular weight excluding hydrogens is 342 g/mol. The Kier molecular flexibility index (Phi) is 5.19. The number of ether oxygens (including phenoxy) is 1. The van der Waals surface area contributed by atoms with Crippen molar-refractivity contribution in [3.8, 4) is 0 Å². The Morgan fingerprint density at radius 1 is 1.20 bits per heavy atom. The first-order chi connectivity index (χ1) is 12.0. The molecule has 6 nitrogen and oxygen atoms in total. The molecular formula is C18H18ClN3O3. The largest absolute Gasteiger partial charge is 0.449 e. The number of carbonyl (C=O) groups excluding carboxylic acids is 2. The summed E-state index contributed by atoms with van der Waals surface area (Å²) in [6.07, 6.45) is 2.79. The van der Waals surface area contributed by atoms with Crippen molar-refractivity contribution in [2.75, 3.05) is 10.6 Å². The molecule has 2 aromatic rings. The number of nitrogens with zero attached hydrogens (tertiary/aromatic N) is 1. The Bertz CT molecular complexity index is 758. The first-order valence-electron chi connectivity index (χ1n) is 8.01. The normalized spacial score (nSPS) is 14.5. The average molecular weight is 360 g/mol. The molecule has 2 N–H and O–H groups in total. The Morgan fingerprint density at radius 2 is 1.92 bits per heavy atom. The third-order valence-corrected chi connectivity index (χ3v) is 3.95. The van der Waals surface area contributed by atoms with E-state index in [1.165, 1.54) is 13.1 Å². The van der Waals surface area contributed by atoms with E-state index in [1.54, 1.807) is 36.4 Å². The maximum Gasteiger partial charge on any atom is 0.340 e. The molecule has 1 aromatic carbocycles. The van der Waals surface area contributed by atoms with Gasteiger partial charge in [0.25, 0.3) is 5.91 Å². The van der Waals surface area contributed by atoms with E-state index in [9.17, 15) is 9.59 Å². The zero-order valence-corrected chi connectivity index (χ0v) is 14.4. The molecule has 0 spiro atoms. The van der Waals surface area contributed by atoms with E-state index in [1.807, 2.05) is 0 Å². The quantitative estimate of drug-likeness (QED) is 0.772. The lowest BCUT2D eigenvalue weighted by atomic mass is 10.2. The Balaban J connectivity index is 1.53. The maximum atomic E-state index is 12.1. The molecule has 0 radical (unpaired) electrons. The fourth-order valence-electron chi connectivity index (χ4n) is 2.10. The minimum Gasteiger partial charge on any atom is -0.449 e. The molecule has 1 amide bonds. The summed E-state index contributed by atoms with van der Waals surface area (Å²) in [5.41, 5.74) is 0.877. The number of hydrogen-bond acceptors (Lipinski definition) is 5. The van der Waals surface area contributed by atoms with Gasteiger partial charge in [-0.05, 0) is 56.2 Å². The van der Waals surface area contributed by atoms with Crippen molar-refractivity contribution in [3.63, 3.8) is 0 Å². The number of pyridine rings is 1. The van der Waals surface area contributed by atoms with Crippen LogP contribution in [0.2, 0.25) is 5.02 Å². The summed E-state index contributed by atoms with van der Waals surface area (Å²) < 4.78 is 5.19. The minimum absolute atomic E-state index is 0.299. The molecule has 1 fully saturated rings. The second kappa shape index (κ2) is 7.53. The molecule has 3 rings (SSSR count). The number of aromatic nitrogens is 1. The predicted octanol–water partition coefficient (Wildman–Crippen LogP) is 3.49. The summed E-state index contributed by atoms with van der Waals surface area (Å²) in [6, 6.07) is 10.5. The fraction of sp³-hybridized carbons (Fsp3) is 0.278. The highest BCUT2D eigenvalue weighted by atomic mass is 35.5. The van der Waals surface area contributed by atoms with Crippen LogP contribution in [-0.4, -0.2) is 29.0 Å². The van der Waals surface area contributed by atoms with Gasteiger partial charge in [-0.25, -0.2) is 9.78 Å². The molecule has 1 saturated carbocycles. The Labute approximate surface area is 150 Å². The number of carbonyl (C=O) groups is 2. The van der Waals surface area contributed by atoms with E-state index in [4.69, 9.17) is 16.3 Å². The number of esters is 1. The van der Waals surface area contributed by atoms with Crippen LogP contribution in [0.4, 0.5) is 11.5 Å². The van der Waals surface area contributed by atoms with Crippen molar-refractivity contribution in [2.45, 2.75) is 31.9 Å². The first-order valence-corrected chi connectivity index (χ1v) is 8.39. The van der Waals surface area contributed by atoms with Crippen LogP contribution < -0.4 is 10.6 Å². The van der Waals surface area contributed by atoms with Gasteiger partial charge < -0.3 is 15.4 Å². The number of amides is 1. The summed E-state index contributed by atoms with van der Waals surface area (Å²) >= 11 is 5.80. The van der Waals surface area contributed by atoms with Crippen molar-refractivity contribution in [2.24, 2.45) is 0 Å². The van der Waals surface area contributed by atoms with Gasteiger partial charge in [0.05, 0.1) is 5.56 Å². The lowest BCUT2D eigenvalue weighted by Gasteiger charge is -2.13. The van der Waals surface area contributed by atoms with Crippen LogP contribution in [0.1, 0.15) is 30.1 Å². The summed E-state index contributed by atoms with van der Waals surface area (Å²) in [5.74, 6) is -0.285. The number of rotatable bonds is 6. The number of benzene rings is 1. The van der Waals surface area contributed by atoms with Gasteiger partial charge >= 0.3 is 5.97 Å². The Morgan fingerprint density at radius 3 is 2.52 bits per heavy atom. The SMILES string of the molecule is CC(OC(=O)c1ccc(NC2CC2)nc1)C(=O)Nc1ccc(Cl)cc1. The van der Waals surface area contributed by atoms with Crippen LogP contribution in [0.15, 0.2) is 42.6 Å². The van der Waals surface area contributed by atoms with Crippen molar-refractivity contribution in [1.29, 1.82) is 0 Å². The van der Waals surface area contributed by atoms with Gasteiger partial charge in [-0.2, -0.15) is 0 Å². The number of nitrogens with one attached hydrogen (secondary N) is 2. The summed E-state index contributed by atoms with van der Waals surface area (Å²) in [6.45, 7) is 1.51. The summed E-state index contributed by atoms with van der Waals surface area (Å²) in [7, 11) is 0. The van der Waals surface area contributed by atoms with Gasteiger partial charge in [-0.3, -0.25) is 4.79 Å². The molecule has 130 valence electrons. The van der Waals surface area contributed by atoms with Crippen LogP contribution in [0, 0.1) is 0 Å². The van der Waals surface area contributed by atoms with Crippen molar-refractivity contribution in [1.82, 2.24) is 4.98 Å². The van der Waals surface area contributed by atoms with Crippen LogP contribution >= 0.6 is 11.6 Å². The second-order valence-electron chi connectivity index (χ2n) is 5.89. The number of hydrogen-bond donors (Lipinski definition) is 2. The van der Waals surface area contributed by atoms with Crippen LogP contribution in [-0.2, 0) is 9.53 Å². The second-order valence-corrected chi connectivity index (χ2v) is 6.33. The molecule has 1 unspecified atom stereocenters. The van der Waals surface area contributed by atoms with E-state index in [2.05, 4.69) is 15.6 Å². The highest BCUT2D eigenvalue weighted by molar-refractivity contribution is 6.30. The highest BCUT2D eigenvalue weighted by Gasteiger charge is 2.22. The van der Waals surface area contributed by atoms with Crippen LogP contribution in [0.5, 0.6) is 0 Å². The van der Waals surface area contributed by atoms with Gasteiger partial charge in [-0.15, -0.1) is 0 Å². The fourth-order valence-corrected chi connectivity index (χ4v) is 2.22. The molecule has 1 aliphatic rings. The standard InChI is InChI=1S/C18H18ClN3O3/c1-11(17(23)22-15-5-3-13(19)4-6-15)25-18(24)12-2-9-16(20-10-12)21-14-7-8-14/h2-6,9-11,14H,7-8H2,1H3,(H,20,21)(H,22,23). The topological polar surface area (TPSA) is 80.3 Å². The van der Waals surface area contributed by atoms with E-state index >= 15 is 0 Å². The van der Waals surface area contributed by atoms with Crippen molar-refractivity contribution < 1.29 is 14.3 Å². The molecule has 25 heavy (non-hydrogen) atoms. The summed E-state index contributed by atoms with van der Waals surface area (Å²) in [5, 5.41) is 6.47. The van der Waals surface area contributed by atoms with Gasteiger partial charge in [-0.1, -0.05) is 11.6 Å². The van der Waals surface area contributed by atoms with Gasteiger partial charge in [0.15, 0.2) is 6.10 Å². The summed E-state index contributed by atoms with van der Waals surface area (Å²) in [4.78, 5) is 28.4. The molecule has 1 heterocycles. The van der Waals surface area contributed by atoms with E-state index in [0.717, 1.165) is 18.7 Å². The smallest absolute Gasteiger partial charge is 0.340 e. The zero-order chi connectivity index (χ0) is 17.8. The maximum absolute atomic E-state index is 12.1.